The fraction of sp³-hybridized carbons (Fsp3) is 0.763. The number of aliphatic hydroxyl groups excluding tert-OH is 1. The van der Waals surface area contributed by atoms with E-state index in [9.17, 15) is 58.5 Å². The second kappa shape index (κ2) is 25.2. The molecule has 0 aromatic rings. The van der Waals surface area contributed by atoms with Gasteiger partial charge in [0.05, 0.1) is 12.1 Å². The Morgan fingerprint density at radius 2 is 1.25 bits per heavy atom. The van der Waals surface area contributed by atoms with E-state index in [0.717, 1.165) is 0 Å². The smallest absolute Gasteiger partial charge is 0.326 e. The van der Waals surface area contributed by atoms with E-state index in [1.807, 2.05) is 6.26 Å². The average Bonchev–Trinajstić information content (AvgIpc) is 3.64. The fourth-order valence-corrected chi connectivity index (χ4v) is 6.73. The normalized spacial score (nSPS) is 18.1. The Kier molecular flexibility index (Phi) is 22.4. The molecule has 0 aromatic carbocycles. The van der Waals surface area contributed by atoms with Crippen LogP contribution in [0.5, 0.6) is 0 Å². The lowest BCUT2D eigenvalue weighted by Crippen LogP contribution is -2.62. The number of carboxylic acids is 2. The van der Waals surface area contributed by atoms with Crippen molar-refractivity contribution >= 4 is 65.1 Å². The van der Waals surface area contributed by atoms with Crippen LogP contribution in [-0.2, 0) is 43.2 Å². The molecule has 9 atom stereocenters. The number of likely N-dealkylation sites (tertiary alicyclic amines) is 1. The van der Waals surface area contributed by atoms with Crippen LogP contribution in [0.25, 0.3) is 0 Å². The molecule has 20 nitrogen and oxygen atoms in total. The van der Waals surface area contributed by atoms with Crippen LogP contribution in [0.4, 0.5) is 0 Å². The topological polar surface area (TPSA) is 316 Å². The van der Waals surface area contributed by atoms with Crippen molar-refractivity contribution in [2.45, 2.75) is 148 Å². The summed E-state index contributed by atoms with van der Waals surface area (Å²) >= 11 is 1.51. The minimum absolute atomic E-state index is 0.101. The lowest BCUT2D eigenvalue weighted by atomic mass is 10.0. The quantitative estimate of drug-likeness (QED) is 0.0509. The van der Waals surface area contributed by atoms with Crippen molar-refractivity contribution in [1.29, 1.82) is 0 Å². The fourth-order valence-electron chi connectivity index (χ4n) is 6.24. The summed E-state index contributed by atoms with van der Waals surface area (Å²) in [5.74, 6) is -8.35. The molecular weight excluding hydrogens is 793 g/mol. The number of amides is 7. The number of hydrogen-bond acceptors (Lipinski definition) is 12. The first-order valence-corrected chi connectivity index (χ1v) is 21.3. The van der Waals surface area contributed by atoms with E-state index in [-0.39, 0.29) is 31.7 Å². The predicted octanol–water partition coefficient (Wildman–Crippen LogP) is -1.33. The van der Waals surface area contributed by atoms with Crippen LogP contribution in [0.3, 0.4) is 0 Å². The zero-order valence-electron chi connectivity index (χ0n) is 35.5. The maximum Gasteiger partial charge on any atom is 0.326 e. The summed E-state index contributed by atoms with van der Waals surface area (Å²) in [5.41, 5.74) is 5.98. The summed E-state index contributed by atoms with van der Waals surface area (Å²) in [5, 5.41) is 44.3. The van der Waals surface area contributed by atoms with Gasteiger partial charge in [-0.05, 0) is 75.7 Å². The summed E-state index contributed by atoms with van der Waals surface area (Å²) in [6.07, 6.45) is 0.644. The van der Waals surface area contributed by atoms with E-state index in [0.29, 0.717) is 18.6 Å². The van der Waals surface area contributed by atoms with Gasteiger partial charge in [-0.2, -0.15) is 11.8 Å². The van der Waals surface area contributed by atoms with Crippen LogP contribution >= 0.6 is 11.8 Å². The summed E-state index contributed by atoms with van der Waals surface area (Å²) < 4.78 is 0. The molecule has 11 N–H and O–H groups in total. The molecular formula is C38H66N8O12S. The number of rotatable bonds is 25. The summed E-state index contributed by atoms with van der Waals surface area (Å²) in [6, 6.07) is -9.80. The molecule has 0 spiro atoms. The molecule has 1 fully saturated rings. The van der Waals surface area contributed by atoms with E-state index >= 15 is 0 Å². The number of hydrogen-bond donors (Lipinski definition) is 10. The van der Waals surface area contributed by atoms with Gasteiger partial charge in [0.15, 0.2) is 0 Å². The first-order valence-electron chi connectivity index (χ1n) is 19.9. The van der Waals surface area contributed by atoms with E-state index in [1.54, 1.807) is 41.5 Å². The molecule has 0 saturated carbocycles. The second-order valence-corrected chi connectivity index (χ2v) is 17.0. The Labute approximate surface area is 350 Å². The first kappa shape index (κ1) is 52.5. The van der Waals surface area contributed by atoms with Gasteiger partial charge in [-0.25, -0.2) is 4.79 Å². The number of thioether (sulfide) groups is 1. The molecule has 0 bridgehead atoms. The molecule has 59 heavy (non-hydrogen) atoms. The highest BCUT2D eigenvalue weighted by Crippen LogP contribution is 2.21. The molecule has 336 valence electrons. The van der Waals surface area contributed by atoms with Gasteiger partial charge >= 0.3 is 11.9 Å². The van der Waals surface area contributed by atoms with Crippen molar-refractivity contribution in [3.63, 3.8) is 0 Å². The van der Waals surface area contributed by atoms with Crippen LogP contribution < -0.4 is 37.6 Å². The van der Waals surface area contributed by atoms with E-state index in [1.165, 1.54) is 30.5 Å². The van der Waals surface area contributed by atoms with Gasteiger partial charge in [-0.3, -0.25) is 38.4 Å². The average molecular weight is 859 g/mol. The van der Waals surface area contributed by atoms with Crippen molar-refractivity contribution in [2.75, 3.05) is 18.6 Å². The Morgan fingerprint density at radius 1 is 0.695 bits per heavy atom. The monoisotopic (exact) mass is 858 g/mol. The van der Waals surface area contributed by atoms with Gasteiger partial charge in [0.2, 0.25) is 41.4 Å². The number of carboxylic acid groups (broad SMARTS) is 2. The highest BCUT2D eigenvalue weighted by atomic mass is 32.2. The molecule has 0 aromatic heterocycles. The van der Waals surface area contributed by atoms with Crippen molar-refractivity contribution < 1.29 is 58.5 Å². The minimum Gasteiger partial charge on any atom is -0.481 e. The van der Waals surface area contributed by atoms with Gasteiger partial charge in [0.25, 0.3) is 0 Å². The standard InChI is InChI=1S/C38H66N8O12S/c1-18(2)17-25(34(53)40-21(7)31(50)41-24(12-13-27(48)49)33(52)44-29(20(5)6)38(57)58)42-35(54)26-11-10-15-46(26)37(56)30(22(8)47)45-36(55)28(19(3)4)43-32(51)23(39)14-16-59-9/h18-26,28-30,47H,10-17,39H2,1-9H3,(H,40,53)(H,41,50)(H,42,54)(H,43,51)(H,44,52)(H,45,55)(H,48,49)(H,57,58)/t21-,22+,23-,24-,25-,26-,28-,29-,30-/m0/s1. The lowest BCUT2D eigenvalue weighted by molar-refractivity contribution is -0.145. The Morgan fingerprint density at radius 3 is 1.76 bits per heavy atom. The predicted molar refractivity (Wildman–Crippen MR) is 218 cm³/mol. The van der Waals surface area contributed by atoms with Gasteiger partial charge in [-0.15, -0.1) is 0 Å². The van der Waals surface area contributed by atoms with Crippen molar-refractivity contribution in [3.8, 4) is 0 Å². The molecule has 0 radical (unpaired) electrons. The van der Waals surface area contributed by atoms with Crippen LogP contribution in [0.1, 0.15) is 93.9 Å². The van der Waals surface area contributed by atoms with Crippen molar-refractivity contribution in [3.05, 3.63) is 0 Å². The molecule has 1 heterocycles. The van der Waals surface area contributed by atoms with Gasteiger partial charge in [0, 0.05) is 13.0 Å². The van der Waals surface area contributed by atoms with Crippen LogP contribution in [-0.4, -0.2) is 147 Å². The third kappa shape index (κ3) is 17.3. The van der Waals surface area contributed by atoms with Crippen molar-refractivity contribution in [2.24, 2.45) is 23.5 Å². The van der Waals surface area contributed by atoms with Crippen LogP contribution in [0.2, 0.25) is 0 Å². The van der Waals surface area contributed by atoms with Crippen molar-refractivity contribution in [1.82, 2.24) is 36.8 Å². The van der Waals surface area contributed by atoms with Gasteiger partial charge in [-0.1, -0.05) is 41.5 Å². The Hall–Kier alpha value is -4.50. The van der Waals surface area contributed by atoms with E-state index < -0.39 is 126 Å². The molecule has 21 heteroatoms. The molecule has 7 amide bonds. The number of aliphatic carboxylic acids is 2. The van der Waals surface area contributed by atoms with Crippen LogP contribution in [0, 0.1) is 17.8 Å². The molecule has 1 aliphatic heterocycles. The highest BCUT2D eigenvalue weighted by molar-refractivity contribution is 7.98. The number of carbonyl (C=O) groups is 9. The van der Waals surface area contributed by atoms with Gasteiger partial charge < -0.3 is 57.9 Å². The first-order chi connectivity index (χ1) is 27.4. The molecule has 1 aliphatic rings. The number of aliphatic hydroxyl groups is 1. The zero-order chi connectivity index (χ0) is 45.3. The lowest BCUT2D eigenvalue weighted by Gasteiger charge is -2.32. The maximum atomic E-state index is 13.9. The number of carbonyl (C=O) groups excluding carboxylic acids is 7. The molecule has 0 aliphatic carbocycles. The summed E-state index contributed by atoms with van der Waals surface area (Å²) in [4.78, 5) is 118. The van der Waals surface area contributed by atoms with Crippen LogP contribution in [0.15, 0.2) is 0 Å². The van der Waals surface area contributed by atoms with E-state index in [4.69, 9.17) is 5.73 Å². The van der Waals surface area contributed by atoms with E-state index in [2.05, 4.69) is 31.9 Å². The maximum absolute atomic E-state index is 13.9. The summed E-state index contributed by atoms with van der Waals surface area (Å²) in [7, 11) is 0. The Balaban J connectivity index is 3.15. The van der Waals surface area contributed by atoms with Gasteiger partial charge in [0.1, 0.15) is 42.3 Å². The Bertz CT molecular complexity index is 1500. The number of nitrogens with zero attached hydrogens (tertiary/aromatic N) is 1. The minimum atomic E-state index is -1.49. The highest BCUT2D eigenvalue weighted by Gasteiger charge is 2.41. The third-order valence-electron chi connectivity index (χ3n) is 9.70. The molecule has 1 rings (SSSR count). The third-order valence-corrected chi connectivity index (χ3v) is 10.3. The summed E-state index contributed by atoms with van der Waals surface area (Å²) in [6.45, 7) is 12.8. The SMILES string of the molecule is CSCC[C@H](N)C(=O)N[C@H](C(=O)N[C@H](C(=O)N1CCC[C@H]1C(=O)N[C@@H](CC(C)C)C(=O)N[C@@H](C)C(=O)N[C@@H](CCC(=O)O)C(=O)N[C@H](C(=O)O)C(C)C)[C@@H](C)O)C(C)C. The number of nitrogens with two attached hydrogens (primary N) is 1. The molecule has 0 unspecified atom stereocenters. The largest absolute Gasteiger partial charge is 0.481 e. The zero-order valence-corrected chi connectivity index (χ0v) is 36.4. The second-order valence-electron chi connectivity index (χ2n) is 16.0. The molecule has 1 saturated heterocycles. The number of nitrogens with one attached hydrogen (secondary N) is 6.